The minimum Gasteiger partial charge on any atom is -0.481 e. The Labute approximate surface area is 152 Å². The highest BCUT2D eigenvalue weighted by Crippen LogP contribution is 2.45. The monoisotopic (exact) mass is 370 g/mol. The number of aliphatic hydroxyl groups is 1. The fraction of sp³-hybridized carbons (Fsp3) is 0.722. The summed E-state index contributed by atoms with van der Waals surface area (Å²) < 4.78 is 29.4. The molecule has 0 aromatic rings. The Kier molecular flexibility index (Phi) is 5.02. The van der Waals surface area contributed by atoms with E-state index in [4.69, 9.17) is 23.7 Å². The van der Waals surface area contributed by atoms with Crippen molar-refractivity contribution in [2.45, 2.75) is 76.1 Å². The number of aliphatic carboxylic acids is 1. The maximum Gasteiger partial charge on any atom is 0.313 e. The summed E-state index contributed by atoms with van der Waals surface area (Å²) in [6.45, 7) is 10.5. The molecule has 0 spiro atoms. The summed E-state index contributed by atoms with van der Waals surface area (Å²) in [5.74, 6) is -4.18. The number of fused-ring (bicyclic) bond motifs is 3. The van der Waals surface area contributed by atoms with Gasteiger partial charge in [-0.25, -0.2) is 0 Å². The van der Waals surface area contributed by atoms with Crippen LogP contribution < -0.4 is 0 Å². The van der Waals surface area contributed by atoms with E-state index in [1.807, 2.05) is 0 Å². The molecule has 0 aliphatic carbocycles. The first-order chi connectivity index (χ1) is 12.0. The van der Waals surface area contributed by atoms with Gasteiger partial charge in [-0.2, -0.15) is 0 Å². The highest BCUT2D eigenvalue weighted by Gasteiger charge is 2.62. The van der Waals surface area contributed by atoms with Gasteiger partial charge >= 0.3 is 5.97 Å². The predicted octanol–water partition coefficient (Wildman–Crippen LogP) is 1.19. The molecule has 3 aliphatic heterocycles. The van der Waals surface area contributed by atoms with E-state index in [9.17, 15) is 15.0 Å². The van der Waals surface area contributed by atoms with Gasteiger partial charge in [0.2, 0.25) is 0 Å². The molecule has 7 atom stereocenters. The Morgan fingerprint density at radius 1 is 1.04 bits per heavy atom. The van der Waals surface area contributed by atoms with Crippen LogP contribution in [0.1, 0.15) is 27.7 Å². The van der Waals surface area contributed by atoms with E-state index in [0.717, 1.165) is 0 Å². The van der Waals surface area contributed by atoms with Crippen molar-refractivity contribution in [3.8, 4) is 0 Å². The number of carbonyl (C=O) groups is 1. The second-order valence-corrected chi connectivity index (χ2v) is 7.61. The number of carboxylic acids is 1. The molecule has 26 heavy (non-hydrogen) atoms. The maximum atomic E-state index is 11.6. The predicted molar refractivity (Wildman–Crippen MR) is 89.0 cm³/mol. The number of aliphatic hydroxyl groups excluding tert-OH is 1. The average molecular weight is 370 g/mol. The minimum absolute atomic E-state index is 0.535. The van der Waals surface area contributed by atoms with Crippen LogP contribution in [-0.2, 0) is 28.5 Å². The number of rotatable bonds is 5. The lowest BCUT2D eigenvalue weighted by atomic mass is 9.88. The maximum absolute atomic E-state index is 11.6. The third-order valence-corrected chi connectivity index (χ3v) is 4.63. The highest BCUT2D eigenvalue weighted by atomic mass is 16.9. The lowest BCUT2D eigenvalue weighted by Crippen LogP contribution is -2.60. The quantitative estimate of drug-likeness (QED) is 0.696. The van der Waals surface area contributed by atoms with E-state index in [1.165, 1.54) is 18.2 Å². The van der Waals surface area contributed by atoms with Crippen molar-refractivity contribution in [2.75, 3.05) is 0 Å². The van der Waals surface area contributed by atoms with Crippen LogP contribution in [0.4, 0.5) is 0 Å². The van der Waals surface area contributed by atoms with Crippen molar-refractivity contribution in [3.05, 3.63) is 24.8 Å². The Morgan fingerprint density at radius 2 is 1.62 bits per heavy atom. The molecule has 0 amide bonds. The van der Waals surface area contributed by atoms with Crippen molar-refractivity contribution in [1.82, 2.24) is 0 Å². The van der Waals surface area contributed by atoms with Gasteiger partial charge in [0, 0.05) is 0 Å². The van der Waals surface area contributed by atoms with Crippen molar-refractivity contribution in [1.29, 1.82) is 0 Å². The van der Waals surface area contributed by atoms with Crippen molar-refractivity contribution in [3.63, 3.8) is 0 Å². The molecule has 0 saturated carbocycles. The van der Waals surface area contributed by atoms with E-state index in [-0.39, 0.29) is 0 Å². The van der Waals surface area contributed by atoms with Gasteiger partial charge in [0.1, 0.15) is 30.3 Å². The summed E-state index contributed by atoms with van der Waals surface area (Å²) in [5, 5.41) is 20.3. The summed E-state index contributed by atoms with van der Waals surface area (Å²) in [6.07, 6.45) is -0.634. The van der Waals surface area contributed by atoms with Crippen LogP contribution in [0, 0.1) is 5.92 Å². The van der Waals surface area contributed by atoms with Gasteiger partial charge in [-0.05, 0) is 27.7 Å². The van der Waals surface area contributed by atoms with Crippen LogP contribution >= 0.6 is 0 Å². The van der Waals surface area contributed by atoms with Gasteiger partial charge in [-0.15, -0.1) is 0 Å². The van der Waals surface area contributed by atoms with E-state index in [0.29, 0.717) is 0 Å². The van der Waals surface area contributed by atoms with Crippen LogP contribution in [-0.4, -0.2) is 64.6 Å². The standard InChI is InChI=1S/C18H26O8/c1-6-7-8-9(15(20)21)10(19)11-12-13(24-17(2,3)23-12)14-16(22-11)26-18(4,5)25-14/h6-14,16,19H,1H2,2-5H3,(H,20,21)/b8-7-/t9?,10-,11+,12-,13-,14+,16+/m0/s1. The Morgan fingerprint density at radius 3 is 2.23 bits per heavy atom. The zero-order valence-corrected chi connectivity index (χ0v) is 15.3. The SMILES string of the molecule is C=C/C=C\C(C(=O)O)[C@H](O)[C@H]1O[C@@H]2OC(C)(C)O[C@@H]2[C@H]2OC(C)(C)O[C@H]21. The van der Waals surface area contributed by atoms with E-state index >= 15 is 0 Å². The molecular weight excluding hydrogens is 344 g/mol. The summed E-state index contributed by atoms with van der Waals surface area (Å²) in [5.41, 5.74) is 0. The fourth-order valence-corrected chi connectivity index (χ4v) is 3.66. The third-order valence-electron chi connectivity index (χ3n) is 4.63. The number of allylic oxidation sites excluding steroid dienone is 2. The molecule has 3 fully saturated rings. The van der Waals surface area contributed by atoms with Crippen molar-refractivity contribution in [2.24, 2.45) is 5.92 Å². The molecular formula is C18H26O8. The molecule has 8 heteroatoms. The zero-order valence-electron chi connectivity index (χ0n) is 15.3. The molecule has 3 heterocycles. The van der Waals surface area contributed by atoms with Gasteiger partial charge in [0.05, 0.1) is 6.10 Å². The molecule has 0 aromatic heterocycles. The van der Waals surface area contributed by atoms with Crippen molar-refractivity contribution < 1.29 is 38.7 Å². The second-order valence-electron chi connectivity index (χ2n) is 7.61. The lowest BCUT2D eigenvalue weighted by molar-refractivity contribution is -0.256. The molecule has 146 valence electrons. The second kappa shape index (κ2) is 6.70. The van der Waals surface area contributed by atoms with Gasteiger partial charge in [0.15, 0.2) is 17.9 Å². The van der Waals surface area contributed by atoms with E-state index in [2.05, 4.69) is 6.58 Å². The smallest absolute Gasteiger partial charge is 0.313 e. The third kappa shape index (κ3) is 3.58. The molecule has 0 aromatic carbocycles. The van der Waals surface area contributed by atoms with Crippen LogP contribution in [0.25, 0.3) is 0 Å². The lowest BCUT2D eigenvalue weighted by Gasteiger charge is -2.40. The molecule has 8 nitrogen and oxygen atoms in total. The van der Waals surface area contributed by atoms with E-state index in [1.54, 1.807) is 27.7 Å². The van der Waals surface area contributed by atoms with Crippen LogP contribution in [0.5, 0.6) is 0 Å². The topological polar surface area (TPSA) is 104 Å². The Hall–Kier alpha value is -1.29. The zero-order chi connectivity index (χ0) is 19.3. The Balaban J connectivity index is 1.90. The van der Waals surface area contributed by atoms with Crippen LogP contribution in [0.15, 0.2) is 24.8 Å². The van der Waals surface area contributed by atoms with Crippen molar-refractivity contribution >= 4 is 5.97 Å². The molecule has 0 bridgehead atoms. The first kappa shape index (κ1) is 19.5. The minimum atomic E-state index is -1.37. The number of ether oxygens (including phenoxy) is 5. The molecule has 3 saturated heterocycles. The number of hydrogen-bond donors (Lipinski definition) is 2. The van der Waals surface area contributed by atoms with Crippen LogP contribution in [0.3, 0.4) is 0 Å². The molecule has 3 aliphatic rings. The average Bonchev–Trinajstić information content (AvgIpc) is 3.00. The molecule has 1 unspecified atom stereocenters. The highest BCUT2D eigenvalue weighted by molar-refractivity contribution is 5.73. The Bertz CT molecular complexity index is 598. The van der Waals surface area contributed by atoms with Gasteiger partial charge in [0.25, 0.3) is 0 Å². The van der Waals surface area contributed by atoms with E-state index < -0.39 is 60.3 Å². The molecule has 3 rings (SSSR count). The summed E-state index contributed by atoms with van der Waals surface area (Å²) in [4.78, 5) is 11.6. The molecule has 0 radical (unpaired) electrons. The van der Waals surface area contributed by atoms with Gasteiger partial charge in [-0.3, -0.25) is 4.79 Å². The fourth-order valence-electron chi connectivity index (χ4n) is 3.66. The normalized spacial score (nSPS) is 40.0. The van der Waals surface area contributed by atoms with Gasteiger partial charge in [-0.1, -0.05) is 24.8 Å². The molecule has 2 N–H and O–H groups in total. The van der Waals surface area contributed by atoms with Crippen LogP contribution in [0.2, 0.25) is 0 Å². The summed E-state index contributed by atoms with van der Waals surface area (Å²) in [6, 6.07) is 0. The summed E-state index contributed by atoms with van der Waals surface area (Å²) in [7, 11) is 0. The number of hydrogen-bond acceptors (Lipinski definition) is 7. The number of carboxylic acid groups (broad SMARTS) is 1. The van der Waals surface area contributed by atoms with Gasteiger partial charge < -0.3 is 33.9 Å². The first-order valence-corrected chi connectivity index (χ1v) is 8.61. The first-order valence-electron chi connectivity index (χ1n) is 8.61. The largest absolute Gasteiger partial charge is 0.481 e. The summed E-state index contributed by atoms with van der Waals surface area (Å²) >= 11 is 0.